The van der Waals surface area contributed by atoms with Gasteiger partial charge in [0.2, 0.25) is 0 Å². The number of likely N-dealkylation sites (tertiary alicyclic amines) is 1. The lowest BCUT2D eigenvalue weighted by Crippen LogP contribution is -2.52. The van der Waals surface area contributed by atoms with Gasteiger partial charge in [0.15, 0.2) is 5.96 Å². The maximum absolute atomic E-state index is 4.94. The summed E-state index contributed by atoms with van der Waals surface area (Å²) in [6.07, 6.45) is 4.28. The van der Waals surface area contributed by atoms with Gasteiger partial charge in [0.25, 0.3) is 0 Å². The van der Waals surface area contributed by atoms with Crippen LogP contribution in [0.15, 0.2) is 46.1 Å². The van der Waals surface area contributed by atoms with Crippen LogP contribution in [0.4, 0.5) is 0 Å². The zero-order valence-corrected chi connectivity index (χ0v) is 19.0. The number of guanidine groups is 1. The summed E-state index contributed by atoms with van der Waals surface area (Å²) in [5.41, 5.74) is 3.72. The van der Waals surface area contributed by atoms with Crippen molar-refractivity contribution in [3.8, 4) is 0 Å². The molecule has 0 aliphatic carbocycles. The zero-order valence-electron chi connectivity index (χ0n) is 19.0. The molecule has 0 amide bonds. The van der Waals surface area contributed by atoms with E-state index in [1.807, 2.05) is 13.1 Å². The summed E-state index contributed by atoms with van der Waals surface area (Å²) < 4.78 is 4.94. The van der Waals surface area contributed by atoms with E-state index in [-0.39, 0.29) is 0 Å². The topological polar surface area (TPSA) is 60.1 Å². The van der Waals surface area contributed by atoms with Crippen molar-refractivity contribution in [2.75, 3.05) is 46.3 Å². The molecule has 0 spiro atoms. The van der Waals surface area contributed by atoms with E-state index in [4.69, 9.17) is 4.52 Å². The van der Waals surface area contributed by atoms with Crippen molar-refractivity contribution in [3.63, 3.8) is 0 Å². The van der Waals surface area contributed by atoms with Crippen LogP contribution < -0.4 is 5.32 Å². The van der Waals surface area contributed by atoms with Crippen molar-refractivity contribution in [2.24, 2.45) is 10.9 Å². The lowest BCUT2D eigenvalue weighted by atomic mass is 9.98. The van der Waals surface area contributed by atoms with Gasteiger partial charge in [-0.25, -0.2) is 0 Å². The molecular weight excluding hydrogens is 388 g/mol. The van der Waals surface area contributed by atoms with E-state index in [0.717, 1.165) is 63.4 Å². The first-order valence-corrected chi connectivity index (χ1v) is 11.6. The van der Waals surface area contributed by atoms with Crippen LogP contribution in [0.25, 0.3) is 0 Å². The number of piperazine rings is 1. The third kappa shape index (κ3) is 6.31. The number of hydrogen-bond donors (Lipinski definition) is 1. The second-order valence-corrected chi connectivity index (χ2v) is 8.93. The predicted molar refractivity (Wildman–Crippen MR) is 124 cm³/mol. The van der Waals surface area contributed by atoms with Crippen LogP contribution in [0, 0.1) is 5.92 Å². The molecule has 0 bridgehead atoms. The smallest absolute Gasteiger partial charge is 0.194 e. The highest BCUT2D eigenvalue weighted by atomic mass is 16.5. The highest BCUT2D eigenvalue weighted by molar-refractivity contribution is 5.80. The van der Waals surface area contributed by atoms with Crippen molar-refractivity contribution < 1.29 is 4.52 Å². The van der Waals surface area contributed by atoms with Gasteiger partial charge < -0.3 is 14.7 Å². The van der Waals surface area contributed by atoms with E-state index in [1.54, 1.807) is 6.26 Å². The molecule has 7 heteroatoms. The van der Waals surface area contributed by atoms with Gasteiger partial charge in [0.05, 0.1) is 5.69 Å². The van der Waals surface area contributed by atoms with Crippen molar-refractivity contribution in [1.82, 2.24) is 25.2 Å². The fraction of sp³-hybridized carbons (Fsp3) is 0.583. The fourth-order valence-electron chi connectivity index (χ4n) is 4.50. The van der Waals surface area contributed by atoms with Crippen molar-refractivity contribution in [2.45, 2.75) is 39.4 Å². The number of benzene rings is 1. The lowest BCUT2D eigenvalue weighted by molar-refractivity contribution is 0.169. The molecule has 2 saturated heterocycles. The summed E-state index contributed by atoms with van der Waals surface area (Å²) in [6.45, 7) is 11.4. The van der Waals surface area contributed by atoms with E-state index in [1.165, 1.54) is 37.1 Å². The zero-order chi connectivity index (χ0) is 21.5. The largest absolute Gasteiger partial charge is 0.364 e. The maximum atomic E-state index is 4.94. The summed E-state index contributed by atoms with van der Waals surface area (Å²) in [6, 6.07) is 10.9. The van der Waals surface area contributed by atoms with Crippen LogP contribution in [0.2, 0.25) is 0 Å². The van der Waals surface area contributed by atoms with Crippen LogP contribution in [-0.2, 0) is 19.6 Å². The number of aromatic nitrogens is 1. The minimum Gasteiger partial charge on any atom is -0.364 e. The van der Waals surface area contributed by atoms with E-state index >= 15 is 0 Å². The Morgan fingerprint density at radius 3 is 2.48 bits per heavy atom. The predicted octanol–water partition coefficient (Wildman–Crippen LogP) is 2.80. The number of hydrogen-bond acceptors (Lipinski definition) is 5. The Bertz CT molecular complexity index is 820. The van der Waals surface area contributed by atoms with Crippen molar-refractivity contribution in [1.29, 1.82) is 0 Å². The van der Waals surface area contributed by atoms with Gasteiger partial charge in [-0.3, -0.25) is 14.8 Å². The molecule has 7 nitrogen and oxygen atoms in total. The maximum Gasteiger partial charge on any atom is 0.194 e. The standard InChI is InChI=1S/C24H36N6O/c1-20-6-9-28(10-7-20)18-22-5-3-4-21(16-22)17-26-24(25-2)30-13-11-29(12-14-30)19-23-8-15-31-27-23/h3-5,8,15-16,20H,6-7,9-14,17-19H2,1-2H3,(H,25,26). The molecule has 31 heavy (non-hydrogen) atoms. The molecule has 3 heterocycles. The third-order valence-electron chi connectivity index (χ3n) is 6.48. The summed E-state index contributed by atoms with van der Waals surface area (Å²) in [7, 11) is 1.87. The summed E-state index contributed by atoms with van der Waals surface area (Å²) in [5, 5.41) is 7.59. The van der Waals surface area contributed by atoms with Gasteiger partial charge in [-0.05, 0) is 43.0 Å². The lowest BCUT2D eigenvalue weighted by Gasteiger charge is -2.36. The molecule has 1 aromatic heterocycles. The van der Waals surface area contributed by atoms with E-state index in [9.17, 15) is 0 Å². The summed E-state index contributed by atoms with van der Waals surface area (Å²) >= 11 is 0. The first-order chi connectivity index (χ1) is 15.2. The molecule has 0 radical (unpaired) electrons. The number of nitrogens with one attached hydrogen (secondary N) is 1. The molecule has 1 aromatic carbocycles. The molecule has 2 aliphatic rings. The number of nitrogens with zero attached hydrogens (tertiary/aromatic N) is 5. The van der Waals surface area contributed by atoms with Crippen LogP contribution in [0.5, 0.6) is 0 Å². The van der Waals surface area contributed by atoms with Gasteiger partial charge >= 0.3 is 0 Å². The molecule has 0 atom stereocenters. The number of aliphatic imine (C=N–C) groups is 1. The van der Waals surface area contributed by atoms with Gasteiger partial charge in [-0.15, -0.1) is 0 Å². The second-order valence-electron chi connectivity index (χ2n) is 8.93. The normalized spacial score (nSPS) is 19.7. The van der Waals surface area contributed by atoms with Crippen LogP contribution in [0.1, 0.15) is 36.6 Å². The van der Waals surface area contributed by atoms with Crippen molar-refractivity contribution in [3.05, 3.63) is 53.4 Å². The van der Waals surface area contributed by atoms with Crippen LogP contribution in [-0.4, -0.2) is 72.1 Å². The molecule has 0 saturated carbocycles. The Kier molecular flexibility index (Phi) is 7.59. The van der Waals surface area contributed by atoms with E-state index in [2.05, 4.69) is 61.4 Å². The van der Waals surface area contributed by atoms with Gasteiger partial charge in [0, 0.05) is 58.9 Å². The summed E-state index contributed by atoms with van der Waals surface area (Å²) in [4.78, 5) is 11.9. The van der Waals surface area contributed by atoms with E-state index in [0.29, 0.717) is 0 Å². The molecule has 2 aromatic rings. The average molecular weight is 425 g/mol. The van der Waals surface area contributed by atoms with Gasteiger partial charge in [-0.1, -0.05) is 36.3 Å². The molecule has 2 fully saturated rings. The Balaban J connectivity index is 1.24. The first-order valence-electron chi connectivity index (χ1n) is 11.6. The third-order valence-corrected chi connectivity index (χ3v) is 6.48. The molecular formula is C24H36N6O. The quantitative estimate of drug-likeness (QED) is 0.568. The monoisotopic (exact) mass is 424 g/mol. The average Bonchev–Trinajstić information content (AvgIpc) is 3.30. The minimum atomic E-state index is 0.802. The molecule has 0 unspecified atom stereocenters. The Morgan fingerprint density at radius 1 is 1.03 bits per heavy atom. The molecule has 4 rings (SSSR count). The molecule has 168 valence electrons. The highest BCUT2D eigenvalue weighted by Crippen LogP contribution is 2.18. The highest BCUT2D eigenvalue weighted by Gasteiger charge is 2.20. The van der Waals surface area contributed by atoms with Crippen molar-refractivity contribution >= 4 is 5.96 Å². The first kappa shape index (κ1) is 21.8. The SMILES string of the molecule is CN=C(NCc1cccc(CN2CCC(C)CC2)c1)N1CCN(Cc2ccon2)CC1. The minimum absolute atomic E-state index is 0.802. The fourth-order valence-corrected chi connectivity index (χ4v) is 4.50. The van der Waals surface area contributed by atoms with Gasteiger partial charge in [0.1, 0.15) is 6.26 Å². The second kappa shape index (κ2) is 10.8. The van der Waals surface area contributed by atoms with Gasteiger partial charge in [-0.2, -0.15) is 0 Å². The molecule has 1 N–H and O–H groups in total. The number of rotatable bonds is 6. The Labute approximate surface area is 186 Å². The Morgan fingerprint density at radius 2 is 1.77 bits per heavy atom. The number of piperidine rings is 1. The summed E-state index contributed by atoms with van der Waals surface area (Å²) in [5.74, 6) is 1.86. The van der Waals surface area contributed by atoms with Crippen LogP contribution >= 0.6 is 0 Å². The van der Waals surface area contributed by atoms with E-state index < -0.39 is 0 Å². The molecule has 2 aliphatic heterocycles. The Hall–Kier alpha value is -2.38. The van der Waals surface area contributed by atoms with Crippen LogP contribution in [0.3, 0.4) is 0 Å².